The fraction of sp³-hybridized carbons (Fsp3) is 0.333. The van der Waals surface area contributed by atoms with Gasteiger partial charge in [-0.1, -0.05) is 6.07 Å². The van der Waals surface area contributed by atoms with Crippen LogP contribution in [0.2, 0.25) is 0 Å². The van der Waals surface area contributed by atoms with Crippen molar-refractivity contribution in [2.75, 3.05) is 6.67 Å². The number of rotatable bonds is 2. The zero-order valence-corrected chi connectivity index (χ0v) is 7.48. The molecule has 84 valence electrons. The van der Waals surface area contributed by atoms with E-state index in [0.717, 1.165) is 12.1 Å². The van der Waals surface area contributed by atoms with Gasteiger partial charge in [-0.2, -0.15) is 13.2 Å². The van der Waals surface area contributed by atoms with E-state index in [1.807, 2.05) is 0 Å². The molecule has 0 aliphatic carbocycles. The summed E-state index contributed by atoms with van der Waals surface area (Å²) >= 11 is 0. The van der Waals surface area contributed by atoms with Crippen LogP contribution in [0.1, 0.15) is 17.2 Å². The molecule has 0 spiro atoms. The molecular formula is C9H8F5N. The van der Waals surface area contributed by atoms with Crippen molar-refractivity contribution < 1.29 is 22.0 Å². The minimum absolute atomic E-state index is 0.310. The average Bonchev–Trinajstić information content (AvgIpc) is 2.15. The number of benzene rings is 1. The lowest BCUT2D eigenvalue weighted by Gasteiger charge is -2.15. The van der Waals surface area contributed by atoms with Crippen LogP contribution in [0.3, 0.4) is 0 Å². The summed E-state index contributed by atoms with van der Waals surface area (Å²) in [6, 6.07) is 0.593. The normalized spacial score (nSPS) is 14.0. The van der Waals surface area contributed by atoms with Crippen LogP contribution >= 0.6 is 0 Å². The molecule has 0 bridgehead atoms. The van der Waals surface area contributed by atoms with Crippen molar-refractivity contribution >= 4 is 0 Å². The maximum absolute atomic E-state index is 12.6. The van der Waals surface area contributed by atoms with Crippen LogP contribution in [0.15, 0.2) is 18.2 Å². The smallest absolute Gasteiger partial charge is 0.322 e. The third kappa shape index (κ3) is 2.65. The van der Waals surface area contributed by atoms with Gasteiger partial charge in [0.2, 0.25) is 0 Å². The quantitative estimate of drug-likeness (QED) is 0.769. The molecule has 0 heterocycles. The third-order valence-corrected chi connectivity index (χ3v) is 1.89. The van der Waals surface area contributed by atoms with Gasteiger partial charge in [-0.15, -0.1) is 0 Å². The van der Waals surface area contributed by atoms with Crippen LogP contribution in [0.5, 0.6) is 0 Å². The first kappa shape index (κ1) is 11.9. The second-order valence-electron chi connectivity index (χ2n) is 2.99. The van der Waals surface area contributed by atoms with E-state index in [-0.39, 0.29) is 0 Å². The van der Waals surface area contributed by atoms with Gasteiger partial charge in [0, 0.05) is 0 Å². The van der Waals surface area contributed by atoms with Crippen molar-refractivity contribution in [2.45, 2.75) is 12.2 Å². The van der Waals surface area contributed by atoms with Crippen LogP contribution in [-0.4, -0.2) is 6.67 Å². The fourth-order valence-corrected chi connectivity index (χ4v) is 1.18. The Labute approximate surface area is 82.7 Å². The summed E-state index contributed by atoms with van der Waals surface area (Å²) in [5, 5.41) is 0. The highest BCUT2D eigenvalue weighted by Gasteiger charge is 2.35. The van der Waals surface area contributed by atoms with E-state index in [1.165, 1.54) is 0 Å². The van der Waals surface area contributed by atoms with Crippen LogP contribution in [0.25, 0.3) is 0 Å². The van der Waals surface area contributed by atoms with Gasteiger partial charge in [0.05, 0.1) is 11.6 Å². The largest absolute Gasteiger partial charge is 0.416 e. The molecule has 0 amide bonds. The van der Waals surface area contributed by atoms with E-state index in [1.54, 1.807) is 0 Å². The lowest BCUT2D eigenvalue weighted by atomic mass is 10.0. The predicted molar refractivity (Wildman–Crippen MR) is 44.3 cm³/mol. The molecule has 15 heavy (non-hydrogen) atoms. The molecule has 1 nitrogen and oxygen atoms in total. The summed E-state index contributed by atoms with van der Waals surface area (Å²) in [6.45, 7) is -1.13. The molecule has 0 fully saturated rings. The Bertz CT molecular complexity index is 347. The van der Waals surface area contributed by atoms with E-state index in [0.29, 0.717) is 6.07 Å². The highest BCUT2D eigenvalue weighted by Crippen LogP contribution is 2.34. The molecule has 0 radical (unpaired) electrons. The van der Waals surface area contributed by atoms with E-state index in [2.05, 4.69) is 0 Å². The molecule has 1 atom stereocenters. The molecule has 0 aliphatic rings. The van der Waals surface area contributed by atoms with Crippen molar-refractivity contribution in [3.63, 3.8) is 0 Å². The third-order valence-electron chi connectivity index (χ3n) is 1.89. The molecule has 0 unspecified atom stereocenters. The highest BCUT2D eigenvalue weighted by atomic mass is 19.4. The SMILES string of the molecule is N[C@H](CF)c1ccc(F)cc1C(F)(F)F. The lowest BCUT2D eigenvalue weighted by molar-refractivity contribution is -0.138. The molecule has 1 aromatic carbocycles. The van der Waals surface area contributed by atoms with Crippen molar-refractivity contribution in [3.05, 3.63) is 35.1 Å². The van der Waals surface area contributed by atoms with Crippen LogP contribution in [0.4, 0.5) is 22.0 Å². The highest BCUT2D eigenvalue weighted by molar-refractivity contribution is 5.32. The second kappa shape index (κ2) is 4.14. The second-order valence-corrected chi connectivity index (χ2v) is 2.99. The van der Waals surface area contributed by atoms with Crippen molar-refractivity contribution in [1.29, 1.82) is 0 Å². The van der Waals surface area contributed by atoms with Gasteiger partial charge in [-0.05, 0) is 17.7 Å². The summed E-state index contributed by atoms with van der Waals surface area (Å²) in [4.78, 5) is 0. The fourth-order valence-electron chi connectivity index (χ4n) is 1.18. The molecule has 1 rings (SSSR count). The number of halogens is 5. The van der Waals surface area contributed by atoms with Gasteiger partial charge in [0.15, 0.2) is 0 Å². The molecule has 1 aromatic rings. The molecule has 2 N–H and O–H groups in total. The summed E-state index contributed by atoms with van der Waals surface area (Å²) in [6.07, 6.45) is -4.73. The van der Waals surface area contributed by atoms with E-state index in [4.69, 9.17) is 5.73 Å². The Morgan fingerprint density at radius 3 is 2.33 bits per heavy atom. The Kier molecular flexibility index (Phi) is 3.28. The first-order valence-electron chi connectivity index (χ1n) is 4.04. The number of alkyl halides is 4. The summed E-state index contributed by atoms with van der Waals surface area (Å²) in [5.41, 5.74) is 3.48. The van der Waals surface area contributed by atoms with Gasteiger partial charge in [0.25, 0.3) is 0 Å². The van der Waals surface area contributed by atoms with Crippen LogP contribution < -0.4 is 5.73 Å². The van der Waals surface area contributed by atoms with Crippen molar-refractivity contribution in [1.82, 2.24) is 0 Å². The van der Waals surface area contributed by atoms with Gasteiger partial charge in [0.1, 0.15) is 12.5 Å². The molecular weight excluding hydrogens is 217 g/mol. The van der Waals surface area contributed by atoms with Crippen LogP contribution in [-0.2, 0) is 6.18 Å². The van der Waals surface area contributed by atoms with Crippen molar-refractivity contribution in [3.8, 4) is 0 Å². The minimum atomic E-state index is -4.73. The monoisotopic (exact) mass is 225 g/mol. The maximum Gasteiger partial charge on any atom is 0.416 e. The predicted octanol–water partition coefficient (Wildman–Crippen LogP) is 2.81. The summed E-state index contributed by atoms with van der Waals surface area (Å²) in [7, 11) is 0. The zero-order valence-electron chi connectivity index (χ0n) is 7.48. The van der Waals surface area contributed by atoms with Gasteiger partial charge in [-0.25, -0.2) is 8.78 Å². The van der Waals surface area contributed by atoms with Gasteiger partial charge < -0.3 is 5.73 Å². The zero-order chi connectivity index (χ0) is 11.6. The molecule has 0 aromatic heterocycles. The number of nitrogens with two attached hydrogens (primary N) is 1. The first-order valence-corrected chi connectivity index (χ1v) is 4.04. The van der Waals surface area contributed by atoms with Gasteiger partial charge >= 0.3 is 6.18 Å². The van der Waals surface area contributed by atoms with E-state index >= 15 is 0 Å². The Morgan fingerprint density at radius 1 is 1.27 bits per heavy atom. The minimum Gasteiger partial charge on any atom is -0.322 e. The molecule has 0 saturated carbocycles. The van der Waals surface area contributed by atoms with Gasteiger partial charge in [-0.3, -0.25) is 0 Å². The number of hydrogen-bond donors (Lipinski definition) is 1. The Hall–Kier alpha value is -1.17. The first-order chi connectivity index (χ1) is 6.86. The molecule has 0 aliphatic heterocycles. The lowest BCUT2D eigenvalue weighted by Crippen LogP contribution is -2.19. The molecule has 6 heteroatoms. The maximum atomic E-state index is 12.6. The summed E-state index contributed by atoms with van der Waals surface area (Å²) in [5.74, 6) is -1.03. The van der Waals surface area contributed by atoms with Crippen LogP contribution in [0, 0.1) is 5.82 Å². The standard InChI is InChI=1S/C9H8F5N/c10-4-8(15)6-2-1-5(11)3-7(6)9(12,13)14/h1-3,8H,4,15H2/t8-/m1/s1. The summed E-state index contributed by atoms with van der Waals surface area (Å²) < 4.78 is 61.9. The average molecular weight is 225 g/mol. The van der Waals surface area contributed by atoms with E-state index in [9.17, 15) is 22.0 Å². The molecule has 0 saturated heterocycles. The van der Waals surface area contributed by atoms with Crippen molar-refractivity contribution in [2.24, 2.45) is 5.73 Å². The Morgan fingerprint density at radius 2 is 1.87 bits per heavy atom. The Balaban J connectivity index is 3.27. The number of hydrogen-bond acceptors (Lipinski definition) is 1. The topological polar surface area (TPSA) is 26.0 Å². The van der Waals surface area contributed by atoms with E-state index < -0.39 is 35.8 Å².